The van der Waals surface area contributed by atoms with Gasteiger partial charge in [-0.05, 0) is 86.3 Å². The van der Waals surface area contributed by atoms with Crippen LogP contribution in [-0.4, -0.2) is 34.7 Å². The van der Waals surface area contributed by atoms with Gasteiger partial charge < -0.3 is 19.7 Å². The molecule has 3 aliphatic carbocycles. The summed E-state index contributed by atoms with van der Waals surface area (Å²) >= 11 is 0. The molecule has 0 saturated heterocycles. The van der Waals surface area contributed by atoms with Crippen LogP contribution in [0.5, 0.6) is 5.75 Å². The van der Waals surface area contributed by atoms with Crippen molar-refractivity contribution in [2.75, 3.05) is 0 Å². The number of esters is 1. The van der Waals surface area contributed by atoms with Crippen molar-refractivity contribution >= 4 is 5.97 Å². The average molecular weight is 445 g/mol. The van der Waals surface area contributed by atoms with Gasteiger partial charge in [0.25, 0.3) is 0 Å². The Hall–Kier alpha value is -1.59. The number of unbranched alkanes of at least 4 members (excludes halogenated alkanes) is 2. The van der Waals surface area contributed by atoms with Crippen LogP contribution in [0.3, 0.4) is 0 Å². The number of aliphatic hydroxyl groups is 2. The maximum atomic E-state index is 11.5. The minimum absolute atomic E-state index is 0.246. The zero-order valence-electron chi connectivity index (χ0n) is 19.7. The van der Waals surface area contributed by atoms with Crippen LogP contribution in [-0.2, 0) is 22.4 Å². The molecular formula is C27H40O5. The smallest absolute Gasteiger partial charge is 0.305 e. The van der Waals surface area contributed by atoms with Gasteiger partial charge in [-0.15, -0.1) is 0 Å². The van der Waals surface area contributed by atoms with Crippen LogP contribution in [0.25, 0.3) is 0 Å². The van der Waals surface area contributed by atoms with Crippen molar-refractivity contribution in [2.45, 2.75) is 103 Å². The highest BCUT2D eigenvalue weighted by Gasteiger charge is 2.45. The summed E-state index contributed by atoms with van der Waals surface area (Å²) in [4.78, 5) is 11.5. The molecule has 3 aliphatic rings. The van der Waals surface area contributed by atoms with E-state index in [4.69, 9.17) is 9.47 Å². The number of aliphatic hydroxyl groups excluding tert-OH is 2. The van der Waals surface area contributed by atoms with Crippen LogP contribution in [0.1, 0.15) is 82.8 Å². The van der Waals surface area contributed by atoms with Gasteiger partial charge in [0, 0.05) is 12.8 Å². The number of carbonyl (C=O) groups is 1. The molecule has 178 valence electrons. The molecule has 2 fully saturated rings. The van der Waals surface area contributed by atoms with Gasteiger partial charge in [0.15, 0.2) is 0 Å². The molecule has 4 rings (SSSR count). The first-order chi connectivity index (χ1) is 15.5. The first-order valence-corrected chi connectivity index (χ1v) is 12.8. The van der Waals surface area contributed by atoms with Crippen LogP contribution in [0.15, 0.2) is 18.2 Å². The average Bonchev–Trinajstić information content (AvgIpc) is 3.55. The number of hydrogen-bond acceptors (Lipinski definition) is 5. The van der Waals surface area contributed by atoms with Crippen LogP contribution >= 0.6 is 0 Å². The van der Waals surface area contributed by atoms with Crippen LogP contribution in [0.4, 0.5) is 0 Å². The fraction of sp³-hybridized carbons (Fsp3) is 0.741. The second-order valence-electron chi connectivity index (χ2n) is 10.4. The summed E-state index contributed by atoms with van der Waals surface area (Å²) in [5.41, 5.74) is 2.52. The number of rotatable bonds is 11. The van der Waals surface area contributed by atoms with E-state index in [0.717, 1.165) is 63.5 Å². The summed E-state index contributed by atoms with van der Waals surface area (Å²) in [6.45, 7) is 3.62. The third-order valence-corrected chi connectivity index (χ3v) is 7.85. The molecule has 0 aromatic heterocycles. The van der Waals surface area contributed by atoms with Gasteiger partial charge in [-0.25, -0.2) is 0 Å². The van der Waals surface area contributed by atoms with Crippen LogP contribution < -0.4 is 4.74 Å². The molecule has 0 bridgehead atoms. The molecule has 0 aliphatic heterocycles. The Labute approximate surface area is 192 Å². The van der Waals surface area contributed by atoms with Crippen molar-refractivity contribution in [1.29, 1.82) is 0 Å². The lowest BCUT2D eigenvalue weighted by Crippen LogP contribution is -2.29. The molecular weight excluding hydrogens is 404 g/mol. The van der Waals surface area contributed by atoms with E-state index in [1.54, 1.807) is 0 Å². The molecule has 0 radical (unpaired) electrons. The predicted molar refractivity (Wildman–Crippen MR) is 123 cm³/mol. The third kappa shape index (κ3) is 5.66. The lowest BCUT2D eigenvalue weighted by atomic mass is 9.73. The topological polar surface area (TPSA) is 76.0 Å². The molecule has 2 saturated carbocycles. The minimum Gasteiger partial charge on any atom is -0.454 e. The molecule has 32 heavy (non-hydrogen) atoms. The predicted octanol–water partition coefficient (Wildman–Crippen LogP) is 4.80. The van der Waals surface area contributed by atoms with Gasteiger partial charge in [0.1, 0.15) is 5.75 Å². The Kier molecular flexibility index (Phi) is 7.78. The normalized spacial score (nSPS) is 28.5. The molecule has 6 unspecified atom stereocenters. The lowest BCUT2D eigenvalue weighted by Gasteiger charge is -2.33. The van der Waals surface area contributed by atoms with Crippen LogP contribution in [0, 0.1) is 23.7 Å². The minimum atomic E-state index is -0.493. The summed E-state index contributed by atoms with van der Waals surface area (Å²) < 4.78 is 11.7. The Morgan fingerprint density at radius 1 is 1.19 bits per heavy atom. The van der Waals surface area contributed by atoms with E-state index >= 15 is 0 Å². The van der Waals surface area contributed by atoms with Gasteiger partial charge in [0.2, 0.25) is 6.29 Å². The number of ether oxygens (including phenoxy) is 2. The highest BCUT2D eigenvalue weighted by molar-refractivity contribution is 5.66. The van der Waals surface area contributed by atoms with Crippen molar-refractivity contribution in [2.24, 2.45) is 23.7 Å². The van der Waals surface area contributed by atoms with Crippen molar-refractivity contribution in [3.63, 3.8) is 0 Å². The maximum Gasteiger partial charge on any atom is 0.305 e. The van der Waals surface area contributed by atoms with Crippen molar-refractivity contribution in [1.82, 2.24) is 0 Å². The molecule has 5 heteroatoms. The first kappa shape index (κ1) is 23.6. The number of benzene rings is 1. The molecule has 1 aromatic rings. The van der Waals surface area contributed by atoms with Gasteiger partial charge in [-0.3, -0.25) is 4.79 Å². The van der Waals surface area contributed by atoms with E-state index < -0.39 is 6.29 Å². The van der Waals surface area contributed by atoms with E-state index in [1.807, 2.05) is 12.1 Å². The Morgan fingerprint density at radius 2 is 2.00 bits per heavy atom. The van der Waals surface area contributed by atoms with Gasteiger partial charge >= 0.3 is 5.97 Å². The molecule has 1 aromatic carbocycles. The Bertz CT molecular complexity index is 773. The molecule has 2 N–H and O–H groups in total. The van der Waals surface area contributed by atoms with E-state index in [9.17, 15) is 15.0 Å². The van der Waals surface area contributed by atoms with Crippen LogP contribution in [0.2, 0.25) is 0 Å². The first-order valence-electron chi connectivity index (χ1n) is 12.8. The zero-order valence-corrected chi connectivity index (χ0v) is 19.7. The molecule has 0 amide bonds. The number of carbonyl (C=O) groups excluding carboxylic acids is 1. The largest absolute Gasteiger partial charge is 0.454 e. The standard InChI is InChI=1S/C27H40O5/c1-3-4-5-8-21(29)12-13-22-23-14-19-7-6-9-26(24(19)15-20(23)16-25(22)30)32-27(18-10-11-18)31-17(2)28/h6-7,9,18,20-23,25,27,29-30H,3-5,8,10-16H2,1-2H3. The van der Waals surface area contributed by atoms with Crippen molar-refractivity contribution in [3.05, 3.63) is 29.3 Å². The van der Waals surface area contributed by atoms with E-state index in [2.05, 4.69) is 13.0 Å². The summed E-state index contributed by atoms with van der Waals surface area (Å²) in [6.07, 6.45) is 9.72. The molecule has 0 spiro atoms. The van der Waals surface area contributed by atoms with Gasteiger partial charge in [-0.1, -0.05) is 38.3 Å². The molecule has 0 heterocycles. The lowest BCUT2D eigenvalue weighted by molar-refractivity contribution is -0.163. The second-order valence-corrected chi connectivity index (χ2v) is 10.4. The monoisotopic (exact) mass is 444 g/mol. The highest BCUT2D eigenvalue weighted by atomic mass is 16.7. The maximum absolute atomic E-state index is 11.5. The van der Waals surface area contributed by atoms with Gasteiger partial charge in [-0.2, -0.15) is 0 Å². The third-order valence-electron chi connectivity index (χ3n) is 7.85. The SMILES string of the molecule is CCCCCC(O)CCC1C(O)CC2Cc3c(cccc3OC(OC(C)=O)C3CC3)CC21. The van der Waals surface area contributed by atoms with E-state index in [1.165, 1.54) is 30.9 Å². The van der Waals surface area contributed by atoms with Crippen molar-refractivity contribution < 1.29 is 24.5 Å². The summed E-state index contributed by atoms with van der Waals surface area (Å²) in [7, 11) is 0. The number of fused-ring (bicyclic) bond motifs is 2. The fourth-order valence-electron chi connectivity index (χ4n) is 5.95. The Morgan fingerprint density at radius 3 is 2.72 bits per heavy atom. The summed E-state index contributed by atoms with van der Waals surface area (Å²) in [5, 5.41) is 21.2. The van der Waals surface area contributed by atoms with Gasteiger partial charge in [0.05, 0.1) is 12.2 Å². The summed E-state index contributed by atoms with van der Waals surface area (Å²) in [5.74, 6) is 2.00. The molecule has 6 atom stereocenters. The fourth-order valence-corrected chi connectivity index (χ4v) is 5.95. The number of hydrogen-bond donors (Lipinski definition) is 2. The highest BCUT2D eigenvalue weighted by Crippen LogP contribution is 2.49. The zero-order chi connectivity index (χ0) is 22.7. The Balaban J connectivity index is 1.41. The second kappa shape index (κ2) is 10.6. The quantitative estimate of drug-likeness (QED) is 0.291. The van der Waals surface area contributed by atoms with E-state index in [-0.39, 0.29) is 24.1 Å². The van der Waals surface area contributed by atoms with E-state index in [0.29, 0.717) is 17.8 Å². The summed E-state index contributed by atoms with van der Waals surface area (Å²) in [6, 6.07) is 6.20. The van der Waals surface area contributed by atoms with Crippen molar-refractivity contribution in [3.8, 4) is 5.75 Å². The molecule has 5 nitrogen and oxygen atoms in total.